The highest BCUT2D eigenvalue weighted by atomic mass is 32.1. The number of ether oxygens (including phenoxy) is 1. The molecule has 0 saturated carbocycles. The van der Waals surface area contributed by atoms with Crippen LogP contribution in [0, 0.1) is 6.92 Å². The smallest absolute Gasteiger partial charge is 0.273 e. The lowest BCUT2D eigenvalue weighted by molar-refractivity contribution is 0.0741. The Kier molecular flexibility index (Phi) is 6.18. The molecule has 1 aliphatic rings. The van der Waals surface area contributed by atoms with Gasteiger partial charge in [0.15, 0.2) is 5.13 Å². The van der Waals surface area contributed by atoms with Crippen molar-refractivity contribution in [3.63, 3.8) is 0 Å². The van der Waals surface area contributed by atoms with E-state index in [-0.39, 0.29) is 11.8 Å². The van der Waals surface area contributed by atoms with Crippen molar-refractivity contribution in [2.24, 2.45) is 0 Å². The molecule has 8 heteroatoms. The van der Waals surface area contributed by atoms with Crippen LogP contribution in [0.5, 0.6) is 5.75 Å². The maximum absolute atomic E-state index is 12.9. The van der Waals surface area contributed by atoms with Crippen LogP contribution in [0.1, 0.15) is 26.4 Å². The van der Waals surface area contributed by atoms with Gasteiger partial charge in [0.05, 0.1) is 12.8 Å². The van der Waals surface area contributed by atoms with E-state index in [1.54, 1.807) is 23.5 Å². The highest BCUT2D eigenvalue weighted by Gasteiger charge is 2.25. The second kappa shape index (κ2) is 9.18. The number of anilines is 2. The number of hydrogen-bond donors (Lipinski definition) is 1. The summed E-state index contributed by atoms with van der Waals surface area (Å²) in [4.78, 5) is 33.8. The first-order valence-corrected chi connectivity index (χ1v) is 10.9. The lowest BCUT2D eigenvalue weighted by atomic mass is 10.1. The maximum atomic E-state index is 12.9. The normalized spacial score (nSPS) is 13.7. The summed E-state index contributed by atoms with van der Waals surface area (Å²) in [6.45, 7) is 4.51. The molecule has 160 valence electrons. The van der Waals surface area contributed by atoms with Crippen LogP contribution in [0.15, 0.2) is 53.9 Å². The summed E-state index contributed by atoms with van der Waals surface area (Å²) >= 11 is 1.26. The third-order valence-corrected chi connectivity index (χ3v) is 6.08. The van der Waals surface area contributed by atoms with Gasteiger partial charge in [-0.3, -0.25) is 14.9 Å². The van der Waals surface area contributed by atoms with E-state index in [1.807, 2.05) is 49.4 Å². The zero-order chi connectivity index (χ0) is 21.8. The van der Waals surface area contributed by atoms with Crippen molar-refractivity contribution in [1.29, 1.82) is 0 Å². The highest BCUT2D eigenvalue weighted by Crippen LogP contribution is 2.28. The van der Waals surface area contributed by atoms with Crippen molar-refractivity contribution < 1.29 is 14.3 Å². The third kappa shape index (κ3) is 4.54. The molecule has 3 aromatic rings. The largest absolute Gasteiger partial charge is 0.495 e. The molecular formula is C23H24N4O3S. The number of carbonyl (C=O) groups excluding carboxylic acids is 2. The number of nitrogens with zero attached hydrogens (tertiary/aromatic N) is 3. The summed E-state index contributed by atoms with van der Waals surface area (Å²) in [7, 11) is 1.66. The van der Waals surface area contributed by atoms with E-state index in [0.717, 1.165) is 17.0 Å². The summed E-state index contributed by atoms with van der Waals surface area (Å²) in [5, 5.41) is 4.91. The van der Waals surface area contributed by atoms with Crippen LogP contribution in [0.25, 0.3) is 0 Å². The summed E-state index contributed by atoms with van der Waals surface area (Å²) in [6.07, 6.45) is 0. The van der Waals surface area contributed by atoms with E-state index in [1.165, 1.54) is 11.3 Å². The zero-order valence-corrected chi connectivity index (χ0v) is 18.3. The van der Waals surface area contributed by atoms with Crippen LogP contribution in [0.3, 0.4) is 0 Å². The van der Waals surface area contributed by atoms with E-state index < -0.39 is 0 Å². The first kappa shape index (κ1) is 20.9. The molecule has 0 atom stereocenters. The standard InChI is InChI=1S/C23H24N4O3S/c1-16-7-3-4-8-17(16)21(28)25-23-24-18(15-31-23)22(29)27-13-11-26(12-14-27)19-9-5-6-10-20(19)30-2/h3-10,15H,11-14H2,1-2H3,(H,24,25,28). The topological polar surface area (TPSA) is 74.8 Å². The minimum atomic E-state index is -0.225. The Morgan fingerprint density at radius 1 is 1.03 bits per heavy atom. The lowest BCUT2D eigenvalue weighted by Crippen LogP contribution is -2.49. The molecule has 0 aliphatic carbocycles. The van der Waals surface area contributed by atoms with Crippen LogP contribution in [-0.2, 0) is 0 Å². The molecule has 1 aliphatic heterocycles. The molecule has 2 amide bonds. The maximum Gasteiger partial charge on any atom is 0.273 e. The second-order valence-corrected chi connectivity index (χ2v) is 8.12. The summed E-state index contributed by atoms with van der Waals surface area (Å²) < 4.78 is 5.45. The van der Waals surface area contributed by atoms with E-state index >= 15 is 0 Å². The molecule has 1 saturated heterocycles. The molecule has 0 radical (unpaired) electrons. The highest BCUT2D eigenvalue weighted by molar-refractivity contribution is 7.14. The van der Waals surface area contributed by atoms with Gasteiger partial charge in [0.25, 0.3) is 11.8 Å². The summed E-state index contributed by atoms with van der Waals surface area (Å²) in [5.41, 5.74) is 2.88. The molecule has 2 heterocycles. The SMILES string of the molecule is COc1ccccc1N1CCN(C(=O)c2csc(NC(=O)c3ccccc3C)n2)CC1. The van der Waals surface area contributed by atoms with Crippen LogP contribution in [0.2, 0.25) is 0 Å². The first-order valence-electron chi connectivity index (χ1n) is 10.1. The quantitative estimate of drug-likeness (QED) is 0.661. The van der Waals surface area contributed by atoms with Gasteiger partial charge in [-0.1, -0.05) is 30.3 Å². The van der Waals surface area contributed by atoms with Gasteiger partial charge in [0, 0.05) is 37.1 Å². The molecule has 1 aromatic heterocycles. The minimum absolute atomic E-state index is 0.118. The molecule has 1 N–H and O–H groups in total. The van der Waals surface area contributed by atoms with Gasteiger partial charge in [-0.15, -0.1) is 11.3 Å². The molecule has 7 nitrogen and oxygen atoms in total. The Morgan fingerprint density at radius 3 is 2.48 bits per heavy atom. The molecule has 0 spiro atoms. The Bertz CT molecular complexity index is 1090. The molecule has 0 unspecified atom stereocenters. The van der Waals surface area contributed by atoms with Crippen molar-refractivity contribution in [1.82, 2.24) is 9.88 Å². The van der Waals surface area contributed by atoms with E-state index in [4.69, 9.17) is 4.74 Å². The van der Waals surface area contributed by atoms with Crippen LogP contribution in [-0.4, -0.2) is 55.0 Å². The fourth-order valence-corrected chi connectivity index (χ4v) is 4.30. The van der Waals surface area contributed by atoms with E-state index in [0.29, 0.717) is 42.6 Å². The number of methoxy groups -OCH3 is 1. The molecule has 31 heavy (non-hydrogen) atoms. The number of aromatic nitrogens is 1. The zero-order valence-electron chi connectivity index (χ0n) is 17.5. The fraction of sp³-hybridized carbons (Fsp3) is 0.261. The van der Waals surface area contributed by atoms with Gasteiger partial charge in [0.2, 0.25) is 0 Å². The molecule has 1 fully saturated rings. The Balaban J connectivity index is 1.37. The lowest BCUT2D eigenvalue weighted by Gasteiger charge is -2.36. The van der Waals surface area contributed by atoms with Gasteiger partial charge in [0.1, 0.15) is 11.4 Å². The number of hydrogen-bond acceptors (Lipinski definition) is 6. The predicted molar refractivity (Wildman–Crippen MR) is 122 cm³/mol. The van der Waals surface area contributed by atoms with Crippen LogP contribution in [0.4, 0.5) is 10.8 Å². The summed E-state index contributed by atoms with van der Waals surface area (Å²) in [6, 6.07) is 15.3. The Morgan fingerprint density at radius 2 is 1.74 bits per heavy atom. The minimum Gasteiger partial charge on any atom is -0.495 e. The number of carbonyl (C=O) groups is 2. The van der Waals surface area contributed by atoms with Crippen molar-refractivity contribution in [3.05, 3.63) is 70.7 Å². The van der Waals surface area contributed by atoms with Crippen LogP contribution < -0.4 is 15.0 Å². The number of thiazole rings is 1. The fourth-order valence-electron chi connectivity index (χ4n) is 3.62. The number of aryl methyl sites for hydroxylation is 1. The monoisotopic (exact) mass is 436 g/mol. The molecule has 4 rings (SSSR count). The van der Waals surface area contributed by atoms with Gasteiger partial charge < -0.3 is 14.5 Å². The van der Waals surface area contributed by atoms with Crippen molar-refractivity contribution in [3.8, 4) is 5.75 Å². The number of piperazine rings is 1. The van der Waals surface area contributed by atoms with Crippen molar-refractivity contribution in [2.75, 3.05) is 43.5 Å². The van der Waals surface area contributed by atoms with Crippen molar-refractivity contribution in [2.45, 2.75) is 6.92 Å². The molecular weight excluding hydrogens is 412 g/mol. The van der Waals surface area contributed by atoms with Gasteiger partial charge in [-0.05, 0) is 30.7 Å². The van der Waals surface area contributed by atoms with E-state index in [2.05, 4.69) is 15.2 Å². The van der Waals surface area contributed by atoms with Gasteiger partial charge in [-0.2, -0.15) is 0 Å². The second-order valence-electron chi connectivity index (χ2n) is 7.26. The number of nitrogens with one attached hydrogen (secondary N) is 1. The third-order valence-electron chi connectivity index (χ3n) is 5.33. The Labute approximate surface area is 185 Å². The number of amides is 2. The summed E-state index contributed by atoms with van der Waals surface area (Å²) in [5.74, 6) is 0.486. The number of benzene rings is 2. The molecule has 0 bridgehead atoms. The average Bonchev–Trinajstić information content (AvgIpc) is 3.27. The predicted octanol–water partition coefficient (Wildman–Crippen LogP) is 3.67. The van der Waals surface area contributed by atoms with Crippen LogP contribution >= 0.6 is 11.3 Å². The number of para-hydroxylation sites is 2. The first-order chi connectivity index (χ1) is 15.1. The van der Waals surface area contributed by atoms with Gasteiger partial charge in [-0.25, -0.2) is 4.98 Å². The number of rotatable bonds is 5. The Hall–Kier alpha value is -3.39. The van der Waals surface area contributed by atoms with E-state index in [9.17, 15) is 9.59 Å². The molecule has 2 aromatic carbocycles. The van der Waals surface area contributed by atoms with Crippen molar-refractivity contribution >= 4 is 34.0 Å². The van der Waals surface area contributed by atoms with Gasteiger partial charge >= 0.3 is 0 Å². The average molecular weight is 437 g/mol.